The van der Waals surface area contributed by atoms with Crippen molar-refractivity contribution in [2.75, 3.05) is 64.8 Å². The fourth-order valence-electron chi connectivity index (χ4n) is 4.81. The zero-order valence-electron chi connectivity index (χ0n) is 19.2. The second-order valence-corrected chi connectivity index (χ2v) is 8.99. The van der Waals surface area contributed by atoms with Gasteiger partial charge in [0.05, 0.1) is 7.11 Å². The van der Waals surface area contributed by atoms with Gasteiger partial charge in [0.2, 0.25) is 0 Å². The van der Waals surface area contributed by atoms with Crippen LogP contribution >= 0.6 is 0 Å². The summed E-state index contributed by atoms with van der Waals surface area (Å²) in [6.07, 6.45) is 3.69. The van der Waals surface area contributed by atoms with Crippen LogP contribution in [0.4, 0.5) is 10.5 Å². The number of benzene rings is 2. The Morgan fingerprint density at radius 1 is 0.969 bits per heavy atom. The number of nitrogens with one attached hydrogen (secondary N) is 1. The van der Waals surface area contributed by atoms with Crippen molar-refractivity contribution < 1.29 is 9.53 Å². The number of likely N-dealkylation sites (tertiary alicyclic amines) is 1. The van der Waals surface area contributed by atoms with Gasteiger partial charge in [-0.15, -0.1) is 0 Å². The average Bonchev–Trinajstić information content (AvgIpc) is 2.84. The Bertz CT molecular complexity index is 835. The van der Waals surface area contributed by atoms with Crippen molar-refractivity contribution in [3.63, 3.8) is 0 Å². The van der Waals surface area contributed by atoms with Gasteiger partial charge in [0.1, 0.15) is 5.75 Å². The zero-order chi connectivity index (χ0) is 22.2. The van der Waals surface area contributed by atoms with Crippen LogP contribution in [0, 0.1) is 5.92 Å². The van der Waals surface area contributed by atoms with Gasteiger partial charge in [-0.1, -0.05) is 30.3 Å². The highest BCUT2D eigenvalue weighted by atomic mass is 16.5. The first-order valence-corrected chi connectivity index (χ1v) is 11.9. The standard InChI is InChI=1S/C26H36N4O2/c1-32-25-11-9-22(10-12-25)13-15-28-14-5-6-23(20-28)21-29-16-18-30(19-17-29)26(31)27-24-7-3-2-4-8-24/h2-4,7-12,23H,5-6,13-21H2,1H3,(H,27,31). The molecular weight excluding hydrogens is 400 g/mol. The van der Waals surface area contributed by atoms with Gasteiger partial charge in [0.15, 0.2) is 0 Å². The number of anilines is 1. The molecule has 172 valence electrons. The summed E-state index contributed by atoms with van der Waals surface area (Å²) < 4.78 is 5.26. The van der Waals surface area contributed by atoms with Crippen LogP contribution in [0.25, 0.3) is 0 Å². The second-order valence-electron chi connectivity index (χ2n) is 8.99. The molecule has 2 heterocycles. The molecule has 0 saturated carbocycles. The number of para-hydroxylation sites is 1. The molecule has 1 N–H and O–H groups in total. The van der Waals surface area contributed by atoms with E-state index in [0.29, 0.717) is 0 Å². The maximum atomic E-state index is 12.5. The molecule has 2 amide bonds. The van der Waals surface area contributed by atoms with Crippen molar-refractivity contribution in [1.29, 1.82) is 0 Å². The van der Waals surface area contributed by atoms with Gasteiger partial charge in [-0.2, -0.15) is 0 Å². The SMILES string of the molecule is COc1ccc(CCN2CCCC(CN3CCN(C(=O)Nc4ccccc4)CC3)C2)cc1. The minimum absolute atomic E-state index is 0.0122. The molecule has 0 aliphatic carbocycles. The number of ether oxygens (including phenoxy) is 1. The first-order valence-electron chi connectivity index (χ1n) is 11.9. The number of nitrogens with zero attached hydrogens (tertiary/aromatic N) is 3. The molecule has 0 aromatic heterocycles. The summed E-state index contributed by atoms with van der Waals surface area (Å²) in [4.78, 5) is 19.6. The van der Waals surface area contributed by atoms with Crippen molar-refractivity contribution in [3.05, 3.63) is 60.2 Å². The first-order chi connectivity index (χ1) is 15.7. The maximum absolute atomic E-state index is 12.5. The zero-order valence-corrected chi connectivity index (χ0v) is 19.2. The number of amides is 2. The van der Waals surface area contributed by atoms with Crippen LogP contribution in [0.15, 0.2) is 54.6 Å². The summed E-state index contributed by atoms with van der Waals surface area (Å²) in [5.41, 5.74) is 2.23. The summed E-state index contributed by atoms with van der Waals surface area (Å²) in [7, 11) is 1.71. The van der Waals surface area contributed by atoms with Gasteiger partial charge >= 0.3 is 6.03 Å². The van der Waals surface area contributed by atoms with Crippen LogP contribution < -0.4 is 10.1 Å². The van der Waals surface area contributed by atoms with E-state index in [9.17, 15) is 4.79 Å². The predicted molar refractivity (Wildman–Crippen MR) is 129 cm³/mol. The molecule has 0 radical (unpaired) electrons. The number of piperidine rings is 1. The van der Waals surface area contributed by atoms with Crippen molar-refractivity contribution >= 4 is 11.7 Å². The molecule has 2 saturated heterocycles. The molecule has 32 heavy (non-hydrogen) atoms. The summed E-state index contributed by atoms with van der Waals surface area (Å²) in [5, 5.41) is 3.00. The van der Waals surface area contributed by atoms with Crippen LogP contribution in [0.5, 0.6) is 5.75 Å². The van der Waals surface area contributed by atoms with Crippen molar-refractivity contribution in [2.45, 2.75) is 19.3 Å². The Labute approximate surface area is 192 Å². The number of hydrogen-bond acceptors (Lipinski definition) is 4. The molecule has 2 fully saturated rings. The highest BCUT2D eigenvalue weighted by Crippen LogP contribution is 2.20. The Balaban J connectivity index is 1.17. The fourth-order valence-corrected chi connectivity index (χ4v) is 4.81. The normalized spacial score (nSPS) is 20.2. The molecule has 6 heteroatoms. The van der Waals surface area contributed by atoms with Crippen LogP contribution in [-0.4, -0.2) is 80.2 Å². The van der Waals surface area contributed by atoms with Gasteiger partial charge in [-0.3, -0.25) is 4.90 Å². The third-order valence-electron chi connectivity index (χ3n) is 6.68. The minimum Gasteiger partial charge on any atom is -0.497 e. The van der Waals surface area contributed by atoms with E-state index in [-0.39, 0.29) is 6.03 Å². The largest absolute Gasteiger partial charge is 0.497 e. The molecule has 1 unspecified atom stereocenters. The summed E-state index contributed by atoms with van der Waals surface area (Å²) in [6.45, 7) is 8.18. The highest BCUT2D eigenvalue weighted by molar-refractivity contribution is 5.89. The molecule has 2 aromatic rings. The smallest absolute Gasteiger partial charge is 0.321 e. The van der Waals surface area contributed by atoms with Crippen LogP contribution in [0.1, 0.15) is 18.4 Å². The number of rotatable bonds is 7. The first kappa shape index (κ1) is 22.6. The van der Waals surface area contributed by atoms with Gasteiger partial charge in [0, 0.05) is 51.5 Å². The van der Waals surface area contributed by atoms with Crippen molar-refractivity contribution in [3.8, 4) is 5.75 Å². The molecule has 2 aromatic carbocycles. The third kappa shape index (κ3) is 6.47. The van der Waals surface area contributed by atoms with E-state index >= 15 is 0 Å². The number of hydrogen-bond donors (Lipinski definition) is 1. The summed E-state index contributed by atoms with van der Waals surface area (Å²) in [5.74, 6) is 1.65. The highest BCUT2D eigenvalue weighted by Gasteiger charge is 2.26. The minimum atomic E-state index is 0.0122. The van der Waals surface area contributed by atoms with Crippen LogP contribution in [-0.2, 0) is 6.42 Å². The monoisotopic (exact) mass is 436 g/mol. The predicted octanol–water partition coefficient (Wildman–Crippen LogP) is 3.80. The average molecular weight is 437 g/mol. The van der Waals surface area contributed by atoms with Gasteiger partial charge in [-0.25, -0.2) is 4.79 Å². The van der Waals surface area contributed by atoms with Gasteiger partial charge in [0.25, 0.3) is 0 Å². The van der Waals surface area contributed by atoms with E-state index in [4.69, 9.17) is 4.74 Å². The molecule has 1 atom stereocenters. The Kier molecular flexibility index (Phi) is 8.02. The van der Waals surface area contributed by atoms with Crippen molar-refractivity contribution in [1.82, 2.24) is 14.7 Å². The van der Waals surface area contributed by atoms with Gasteiger partial charge < -0.3 is 19.9 Å². The lowest BCUT2D eigenvalue weighted by Crippen LogP contribution is -2.52. The van der Waals surface area contributed by atoms with E-state index in [2.05, 4.69) is 27.2 Å². The number of carbonyl (C=O) groups excluding carboxylic acids is 1. The van der Waals surface area contributed by atoms with E-state index < -0.39 is 0 Å². The Morgan fingerprint density at radius 3 is 2.44 bits per heavy atom. The summed E-state index contributed by atoms with van der Waals surface area (Å²) >= 11 is 0. The quantitative estimate of drug-likeness (QED) is 0.717. The molecule has 0 bridgehead atoms. The lowest BCUT2D eigenvalue weighted by Gasteiger charge is -2.39. The number of piperazine rings is 1. The molecular formula is C26H36N4O2. The fraction of sp³-hybridized carbons (Fsp3) is 0.500. The van der Waals surface area contributed by atoms with E-state index in [1.165, 1.54) is 31.5 Å². The Morgan fingerprint density at radius 2 is 1.72 bits per heavy atom. The molecule has 2 aliphatic rings. The maximum Gasteiger partial charge on any atom is 0.321 e. The second kappa shape index (κ2) is 11.3. The third-order valence-corrected chi connectivity index (χ3v) is 6.68. The number of urea groups is 1. The van der Waals surface area contributed by atoms with Crippen LogP contribution in [0.2, 0.25) is 0 Å². The van der Waals surface area contributed by atoms with E-state index in [1.807, 2.05) is 47.4 Å². The lowest BCUT2D eigenvalue weighted by atomic mass is 9.96. The number of carbonyl (C=O) groups is 1. The van der Waals surface area contributed by atoms with E-state index in [1.54, 1.807) is 7.11 Å². The number of methoxy groups -OCH3 is 1. The lowest BCUT2D eigenvalue weighted by molar-refractivity contribution is 0.101. The van der Waals surface area contributed by atoms with Crippen LogP contribution in [0.3, 0.4) is 0 Å². The molecule has 4 rings (SSSR count). The topological polar surface area (TPSA) is 48.1 Å². The molecule has 0 spiro atoms. The Hall–Kier alpha value is -2.57. The molecule has 6 nitrogen and oxygen atoms in total. The van der Waals surface area contributed by atoms with Crippen molar-refractivity contribution in [2.24, 2.45) is 5.92 Å². The molecule has 2 aliphatic heterocycles. The van der Waals surface area contributed by atoms with Gasteiger partial charge in [-0.05, 0) is 61.6 Å². The summed E-state index contributed by atoms with van der Waals surface area (Å²) in [6, 6.07) is 18.2. The van der Waals surface area contributed by atoms with E-state index in [0.717, 1.165) is 63.0 Å².